The maximum absolute atomic E-state index is 7.74. The molecule has 0 bridgehead atoms. The highest BCUT2D eigenvalue weighted by Crippen LogP contribution is 2.13. The standard InChI is InChI=1S/C10H14/c1-8(2)10-6-4-9(3)5-7-10/h4-8H,1-3H3/i8T. The normalized spacial score (nSPS) is 12.9. The van der Waals surface area contributed by atoms with Gasteiger partial charge in [0.15, 0.2) is 0 Å². The molecule has 1 aromatic rings. The van der Waals surface area contributed by atoms with Crippen molar-refractivity contribution in [1.82, 2.24) is 0 Å². The van der Waals surface area contributed by atoms with Crippen LogP contribution < -0.4 is 0 Å². The van der Waals surface area contributed by atoms with E-state index >= 15 is 0 Å². The van der Waals surface area contributed by atoms with Crippen LogP contribution in [0.5, 0.6) is 0 Å². The second kappa shape index (κ2) is 2.87. The van der Waals surface area contributed by atoms with Gasteiger partial charge in [0, 0.05) is 1.37 Å². The largest absolute Gasteiger partial charge is 0.0590 e. The molecule has 0 spiro atoms. The first-order chi connectivity index (χ1) is 5.00. The summed E-state index contributed by atoms with van der Waals surface area (Å²) in [5.74, 6) is -0.465. The Bertz CT molecular complexity index is 228. The van der Waals surface area contributed by atoms with Crippen molar-refractivity contribution in [3.05, 3.63) is 35.4 Å². The van der Waals surface area contributed by atoms with Crippen LogP contribution >= 0.6 is 0 Å². The fraction of sp³-hybridized carbons (Fsp3) is 0.400. The maximum Gasteiger partial charge on any atom is 0.0347 e. The van der Waals surface area contributed by atoms with E-state index in [-0.39, 0.29) is 0 Å². The molecule has 0 N–H and O–H groups in total. The second-order valence-electron chi connectivity index (χ2n) is 2.87. The van der Waals surface area contributed by atoms with Crippen molar-refractivity contribution in [2.75, 3.05) is 0 Å². The lowest BCUT2D eigenvalue weighted by atomic mass is 10.0. The van der Waals surface area contributed by atoms with E-state index in [0.29, 0.717) is 0 Å². The molecule has 0 saturated carbocycles. The number of benzene rings is 1. The fourth-order valence-corrected chi connectivity index (χ4v) is 0.887. The second-order valence-corrected chi connectivity index (χ2v) is 2.87. The van der Waals surface area contributed by atoms with Gasteiger partial charge in [-0.15, -0.1) is 0 Å². The predicted octanol–water partition coefficient (Wildman–Crippen LogP) is 3.12. The quantitative estimate of drug-likeness (QED) is 0.556. The Morgan fingerprint density at radius 3 is 2.10 bits per heavy atom. The van der Waals surface area contributed by atoms with Gasteiger partial charge in [0.25, 0.3) is 0 Å². The van der Waals surface area contributed by atoms with Crippen LogP contribution in [0.25, 0.3) is 0 Å². The average Bonchev–Trinajstić information content (AvgIpc) is 1.86. The van der Waals surface area contributed by atoms with Gasteiger partial charge in [0.1, 0.15) is 0 Å². The van der Waals surface area contributed by atoms with E-state index in [1.807, 2.05) is 38.1 Å². The highest BCUT2D eigenvalue weighted by Gasteiger charge is 1.95. The van der Waals surface area contributed by atoms with E-state index in [2.05, 4.69) is 6.92 Å². The molecule has 0 aliphatic carbocycles. The molecule has 0 aliphatic heterocycles. The predicted molar refractivity (Wildman–Crippen MR) is 45.3 cm³/mol. The SMILES string of the molecule is [3H]C(C)(C)c1ccc(C)cc1. The van der Waals surface area contributed by atoms with Gasteiger partial charge in [0.2, 0.25) is 0 Å². The Balaban J connectivity index is 2.99. The molecular formula is C10H14. The Morgan fingerprint density at radius 2 is 1.70 bits per heavy atom. The highest BCUT2D eigenvalue weighted by molar-refractivity contribution is 5.23. The van der Waals surface area contributed by atoms with Gasteiger partial charge >= 0.3 is 0 Å². The lowest BCUT2D eigenvalue weighted by Crippen LogP contribution is -1.85. The number of hydrogen-bond acceptors (Lipinski definition) is 0. The molecule has 0 radical (unpaired) electrons. The average molecular weight is 136 g/mol. The summed E-state index contributed by atoms with van der Waals surface area (Å²) in [6.07, 6.45) is 0. The van der Waals surface area contributed by atoms with Crippen LogP contribution in [0.15, 0.2) is 24.3 Å². The van der Waals surface area contributed by atoms with Crippen LogP contribution in [0.3, 0.4) is 0 Å². The third-order valence-electron chi connectivity index (χ3n) is 1.63. The number of hydrogen-bond donors (Lipinski definition) is 0. The van der Waals surface area contributed by atoms with E-state index in [1.165, 1.54) is 5.56 Å². The summed E-state index contributed by atoms with van der Waals surface area (Å²) in [5, 5.41) is 0. The van der Waals surface area contributed by atoms with Crippen molar-refractivity contribution in [2.45, 2.75) is 26.7 Å². The highest BCUT2D eigenvalue weighted by atomic mass is 14.0. The lowest BCUT2D eigenvalue weighted by Gasteiger charge is -2.03. The molecule has 1 aromatic carbocycles. The zero-order chi connectivity index (χ0) is 8.48. The smallest absolute Gasteiger partial charge is 0.0347 e. The summed E-state index contributed by atoms with van der Waals surface area (Å²) >= 11 is 0. The van der Waals surface area contributed by atoms with Gasteiger partial charge in [-0.05, 0) is 18.4 Å². The van der Waals surface area contributed by atoms with E-state index in [9.17, 15) is 0 Å². The summed E-state index contributed by atoms with van der Waals surface area (Å²) in [7, 11) is 0. The lowest BCUT2D eigenvalue weighted by molar-refractivity contribution is 0.866. The van der Waals surface area contributed by atoms with Crippen molar-refractivity contribution < 1.29 is 1.37 Å². The van der Waals surface area contributed by atoms with Crippen LogP contribution in [0, 0.1) is 6.92 Å². The Morgan fingerprint density at radius 1 is 1.20 bits per heavy atom. The van der Waals surface area contributed by atoms with Gasteiger partial charge in [-0.1, -0.05) is 43.7 Å². The van der Waals surface area contributed by atoms with Gasteiger partial charge < -0.3 is 0 Å². The molecule has 0 aromatic heterocycles. The van der Waals surface area contributed by atoms with Crippen molar-refractivity contribution in [3.63, 3.8) is 0 Å². The topological polar surface area (TPSA) is 0 Å². The third kappa shape index (κ3) is 1.60. The molecule has 0 heterocycles. The number of rotatable bonds is 1. The van der Waals surface area contributed by atoms with E-state index in [0.717, 1.165) is 5.56 Å². The molecule has 54 valence electrons. The Labute approximate surface area is 64.3 Å². The van der Waals surface area contributed by atoms with Crippen molar-refractivity contribution in [3.8, 4) is 0 Å². The van der Waals surface area contributed by atoms with Crippen LogP contribution in [0.4, 0.5) is 0 Å². The molecule has 0 aliphatic rings. The molecule has 1 rings (SSSR count). The maximum atomic E-state index is 7.74. The molecule has 0 amide bonds. The minimum absolute atomic E-state index is 0.465. The molecule has 0 heteroatoms. The fourth-order valence-electron chi connectivity index (χ4n) is 0.887. The Kier molecular flexibility index (Phi) is 1.71. The molecule has 0 nitrogen and oxygen atoms in total. The van der Waals surface area contributed by atoms with Crippen LogP contribution in [0.1, 0.15) is 32.2 Å². The van der Waals surface area contributed by atoms with Gasteiger partial charge in [0.05, 0.1) is 0 Å². The van der Waals surface area contributed by atoms with Gasteiger partial charge in [-0.3, -0.25) is 0 Å². The summed E-state index contributed by atoms with van der Waals surface area (Å²) in [6.45, 7) is 5.86. The molecule has 0 fully saturated rings. The van der Waals surface area contributed by atoms with Crippen molar-refractivity contribution in [2.24, 2.45) is 0 Å². The number of aryl methyl sites for hydroxylation is 1. The molecular weight excluding hydrogens is 120 g/mol. The minimum atomic E-state index is -0.465. The zero-order valence-electron chi connectivity index (χ0n) is 7.81. The van der Waals surface area contributed by atoms with Crippen LogP contribution in [-0.2, 0) is 0 Å². The summed E-state index contributed by atoms with van der Waals surface area (Å²) in [5.41, 5.74) is 2.32. The molecule has 0 unspecified atom stereocenters. The zero-order valence-corrected chi connectivity index (χ0v) is 6.81. The molecule has 0 atom stereocenters. The Hall–Kier alpha value is -0.780. The first-order valence-electron chi connectivity index (χ1n) is 4.07. The summed E-state index contributed by atoms with van der Waals surface area (Å²) in [6, 6.07) is 8.13. The van der Waals surface area contributed by atoms with Gasteiger partial charge in [-0.25, -0.2) is 0 Å². The van der Waals surface area contributed by atoms with E-state index < -0.39 is 5.89 Å². The summed E-state index contributed by atoms with van der Waals surface area (Å²) < 4.78 is 7.74. The summed E-state index contributed by atoms with van der Waals surface area (Å²) in [4.78, 5) is 0. The molecule has 0 saturated heterocycles. The van der Waals surface area contributed by atoms with E-state index in [4.69, 9.17) is 1.37 Å². The minimum Gasteiger partial charge on any atom is -0.0590 e. The molecule has 10 heavy (non-hydrogen) atoms. The van der Waals surface area contributed by atoms with Gasteiger partial charge in [-0.2, -0.15) is 0 Å². The van der Waals surface area contributed by atoms with Crippen LogP contribution in [-0.4, -0.2) is 0 Å². The van der Waals surface area contributed by atoms with Crippen molar-refractivity contribution >= 4 is 0 Å². The van der Waals surface area contributed by atoms with Crippen molar-refractivity contribution in [1.29, 1.82) is 0 Å². The first kappa shape index (κ1) is 5.96. The first-order valence-corrected chi connectivity index (χ1v) is 3.57. The van der Waals surface area contributed by atoms with Crippen LogP contribution in [0.2, 0.25) is 0 Å². The van der Waals surface area contributed by atoms with E-state index in [1.54, 1.807) is 0 Å². The monoisotopic (exact) mass is 136 g/mol. The third-order valence-corrected chi connectivity index (χ3v) is 1.63.